The number of primary amides is 1. The van der Waals surface area contributed by atoms with Crippen molar-refractivity contribution in [1.82, 2.24) is 20.4 Å². The molecule has 1 aliphatic rings. The molecule has 4 N–H and O–H groups in total. The number of aryl methyl sites for hydroxylation is 1. The number of carbonyl (C=O) groups excluding carboxylic acids is 1. The minimum atomic E-state index is -0.561. The van der Waals surface area contributed by atoms with Crippen molar-refractivity contribution in [2.24, 2.45) is 5.73 Å². The zero-order valence-corrected chi connectivity index (χ0v) is 10.4. The molecule has 2 heterocycles. The van der Waals surface area contributed by atoms with Gasteiger partial charge in [0.15, 0.2) is 5.69 Å². The first-order valence-corrected chi connectivity index (χ1v) is 5.70. The number of aromatic nitrogens is 2. The van der Waals surface area contributed by atoms with Crippen LogP contribution in [0.1, 0.15) is 23.2 Å². The number of nitrogens with one attached hydrogen (secondary N) is 2. The predicted molar refractivity (Wildman–Crippen MR) is 67.4 cm³/mol. The van der Waals surface area contributed by atoms with Crippen LogP contribution in [0.5, 0.6) is 0 Å². The number of carbonyl (C=O) groups is 1. The van der Waals surface area contributed by atoms with Crippen LogP contribution in [0.15, 0.2) is 18.1 Å². The van der Waals surface area contributed by atoms with Crippen LogP contribution in [0.4, 0.5) is 5.69 Å². The summed E-state index contributed by atoms with van der Waals surface area (Å²) in [4.78, 5) is 19.7. The molecule has 2 rings (SSSR count). The highest BCUT2D eigenvalue weighted by atomic mass is 16.1. The molecule has 7 heteroatoms. The third kappa shape index (κ3) is 2.57. The van der Waals surface area contributed by atoms with Gasteiger partial charge in [-0.2, -0.15) is 0 Å². The Morgan fingerprint density at radius 1 is 1.67 bits per heavy atom. The van der Waals surface area contributed by atoms with Crippen molar-refractivity contribution in [2.45, 2.75) is 13.3 Å². The summed E-state index contributed by atoms with van der Waals surface area (Å²) in [6, 6.07) is 0. The van der Waals surface area contributed by atoms with Crippen LogP contribution in [0, 0.1) is 0 Å². The van der Waals surface area contributed by atoms with E-state index in [2.05, 4.69) is 20.7 Å². The molecule has 0 saturated heterocycles. The minimum absolute atomic E-state index is 0.220. The van der Waals surface area contributed by atoms with E-state index < -0.39 is 5.91 Å². The van der Waals surface area contributed by atoms with Gasteiger partial charge in [0, 0.05) is 25.4 Å². The van der Waals surface area contributed by atoms with Crippen molar-refractivity contribution in [2.75, 3.05) is 18.9 Å². The molecule has 18 heavy (non-hydrogen) atoms. The van der Waals surface area contributed by atoms with E-state index in [0.717, 1.165) is 5.70 Å². The van der Waals surface area contributed by atoms with E-state index in [4.69, 9.17) is 5.73 Å². The maximum atomic E-state index is 11.4. The van der Waals surface area contributed by atoms with Crippen molar-refractivity contribution in [3.05, 3.63) is 29.6 Å². The molecule has 1 aliphatic heterocycles. The average Bonchev–Trinajstić information content (AvgIpc) is 2.75. The summed E-state index contributed by atoms with van der Waals surface area (Å²) in [7, 11) is 1.89. The van der Waals surface area contributed by atoms with Gasteiger partial charge in [-0.05, 0) is 0 Å². The molecule has 0 bridgehead atoms. The Morgan fingerprint density at radius 2 is 2.44 bits per heavy atom. The fourth-order valence-corrected chi connectivity index (χ4v) is 1.65. The van der Waals surface area contributed by atoms with E-state index in [9.17, 15) is 4.79 Å². The third-order valence-electron chi connectivity index (χ3n) is 2.55. The molecule has 7 nitrogen and oxygen atoms in total. The van der Waals surface area contributed by atoms with E-state index >= 15 is 0 Å². The van der Waals surface area contributed by atoms with Gasteiger partial charge < -0.3 is 16.1 Å². The Balaban J connectivity index is 2.27. The highest BCUT2D eigenvalue weighted by Gasteiger charge is 2.15. The summed E-state index contributed by atoms with van der Waals surface area (Å²) < 4.78 is 0. The lowest BCUT2D eigenvalue weighted by Crippen LogP contribution is -2.24. The van der Waals surface area contributed by atoms with Gasteiger partial charge in [-0.1, -0.05) is 6.92 Å². The molecule has 1 aromatic rings. The summed E-state index contributed by atoms with van der Waals surface area (Å²) in [5, 5.41) is 4.93. The minimum Gasteiger partial charge on any atom is -0.364 e. The van der Waals surface area contributed by atoms with Crippen molar-refractivity contribution < 1.29 is 4.79 Å². The monoisotopic (exact) mass is 248 g/mol. The van der Waals surface area contributed by atoms with Gasteiger partial charge in [0.1, 0.15) is 5.82 Å². The maximum Gasteiger partial charge on any atom is 0.269 e. The second-order valence-electron chi connectivity index (χ2n) is 3.99. The molecule has 1 amide bonds. The lowest BCUT2D eigenvalue weighted by Gasteiger charge is -2.09. The predicted octanol–water partition coefficient (Wildman–Crippen LogP) is -0.159. The van der Waals surface area contributed by atoms with E-state index in [0.29, 0.717) is 24.5 Å². The van der Waals surface area contributed by atoms with Crippen LogP contribution in [0.25, 0.3) is 0 Å². The Labute approximate surface area is 105 Å². The number of rotatable bonds is 4. The SMILES string of the molecule is CCc1ncc(NC2=CN(C)NC2)c(C(N)=O)n1. The van der Waals surface area contributed by atoms with Crippen molar-refractivity contribution in [3.63, 3.8) is 0 Å². The van der Waals surface area contributed by atoms with E-state index in [1.807, 2.05) is 25.2 Å². The van der Waals surface area contributed by atoms with Crippen LogP contribution in [-0.2, 0) is 6.42 Å². The molecule has 0 spiro atoms. The molecule has 0 aromatic carbocycles. The Morgan fingerprint density at radius 3 is 3.00 bits per heavy atom. The molecule has 0 aliphatic carbocycles. The largest absolute Gasteiger partial charge is 0.364 e. The third-order valence-corrected chi connectivity index (χ3v) is 2.55. The molecule has 0 unspecified atom stereocenters. The first kappa shape index (κ1) is 12.3. The zero-order chi connectivity index (χ0) is 13.1. The standard InChI is InChI=1S/C11H16N6O/c1-3-9-13-5-8(10(16-9)11(12)18)15-7-4-14-17(2)6-7/h5-6,14-15H,3-4H2,1-2H3,(H2,12,18). The molecular formula is C11H16N6O. The van der Waals surface area contributed by atoms with Crippen LogP contribution in [-0.4, -0.2) is 34.5 Å². The molecule has 96 valence electrons. The number of hydrogen-bond donors (Lipinski definition) is 3. The molecular weight excluding hydrogens is 232 g/mol. The molecule has 1 aromatic heterocycles. The number of nitrogens with two attached hydrogens (primary N) is 1. The second kappa shape index (κ2) is 5.01. The topological polar surface area (TPSA) is 96.2 Å². The van der Waals surface area contributed by atoms with Gasteiger partial charge in [-0.3, -0.25) is 4.79 Å². The van der Waals surface area contributed by atoms with Gasteiger partial charge in [0.05, 0.1) is 18.4 Å². The van der Waals surface area contributed by atoms with Gasteiger partial charge in [-0.15, -0.1) is 0 Å². The van der Waals surface area contributed by atoms with E-state index in [1.54, 1.807) is 6.20 Å². The fourth-order valence-electron chi connectivity index (χ4n) is 1.65. The highest BCUT2D eigenvalue weighted by Crippen LogP contribution is 2.15. The number of anilines is 1. The summed E-state index contributed by atoms with van der Waals surface area (Å²) in [5.74, 6) is 0.0412. The van der Waals surface area contributed by atoms with Gasteiger partial charge in [0.2, 0.25) is 0 Å². The van der Waals surface area contributed by atoms with Crippen LogP contribution in [0.3, 0.4) is 0 Å². The first-order chi connectivity index (χ1) is 8.60. The van der Waals surface area contributed by atoms with Crippen molar-refractivity contribution in [3.8, 4) is 0 Å². The molecule has 0 fully saturated rings. The van der Waals surface area contributed by atoms with Crippen LogP contribution in [0.2, 0.25) is 0 Å². The first-order valence-electron chi connectivity index (χ1n) is 5.70. The van der Waals surface area contributed by atoms with Crippen LogP contribution < -0.4 is 16.5 Å². The molecule has 0 atom stereocenters. The lowest BCUT2D eigenvalue weighted by molar-refractivity contribution is 0.0996. The van der Waals surface area contributed by atoms with Crippen molar-refractivity contribution >= 4 is 11.6 Å². The van der Waals surface area contributed by atoms with E-state index in [-0.39, 0.29) is 5.69 Å². The fraction of sp³-hybridized carbons (Fsp3) is 0.364. The summed E-state index contributed by atoms with van der Waals surface area (Å²) >= 11 is 0. The smallest absolute Gasteiger partial charge is 0.269 e. The van der Waals surface area contributed by atoms with Gasteiger partial charge in [0.25, 0.3) is 5.91 Å². The van der Waals surface area contributed by atoms with Gasteiger partial charge in [-0.25, -0.2) is 15.4 Å². The highest BCUT2D eigenvalue weighted by molar-refractivity contribution is 5.96. The molecule has 0 radical (unpaired) electrons. The quantitative estimate of drug-likeness (QED) is 0.685. The zero-order valence-electron chi connectivity index (χ0n) is 10.4. The number of nitrogens with zero attached hydrogens (tertiary/aromatic N) is 3. The van der Waals surface area contributed by atoms with Gasteiger partial charge >= 0.3 is 0 Å². The number of amides is 1. The average molecular weight is 248 g/mol. The Kier molecular flexibility index (Phi) is 3.42. The second-order valence-corrected chi connectivity index (χ2v) is 3.99. The molecule has 0 saturated carbocycles. The van der Waals surface area contributed by atoms with Crippen molar-refractivity contribution in [1.29, 1.82) is 0 Å². The Hall–Kier alpha value is -2.15. The van der Waals surface area contributed by atoms with E-state index in [1.165, 1.54) is 0 Å². The number of hydrogen-bond acceptors (Lipinski definition) is 6. The van der Waals surface area contributed by atoms with Crippen LogP contribution >= 0.6 is 0 Å². The summed E-state index contributed by atoms with van der Waals surface area (Å²) in [6.07, 6.45) is 4.14. The normalized spacial score (nSPS) is 14.6. The lowest BCUT2D eigenvalue weighted by atomic mass is 10.3. The maximum absolute atomic E-state index is 11.4. The summed E-state index contributed by atoms with van der Waals surface area (Å²) in [5.41, 5.74) is 10.1. The Bertz CT molecular complexity index is 498. The summed E-state index contributed by atoms with van der Waals surface area (Å²) in [6.45, 7) is 2.58. The number of hydrazine groups is 1.